The smallest absolute Gasteiger partial charge is 0.167 e. The summed E-state index contributed by atoms with van der Waals surface area (Å²) in [6.07, 6.45) is 1.48. The molecule has 44 valence electrons. The van der Waals surface area contributed by atoms with Crippen LogP contribution in [0, 0.1) is 0 Å². The number of nitrogens with zero attached hydrogens (tertiary/aromatic N) is 2. The van der Waals surface area contributed by atoms with E-state index in [-0.39, 0.29) is 0 Å². The molecule has 0 saturated carbocycles. The first-order valence-corrected chi connectivity index (χ1v) is 3.23. The minimum absolute atomic E-state index is 0.309. The van der Waals surface area contributed by atoms with Gasteiger partial charge in [-0.3, -0.25) is 3.59 Å². The molecule has 0 radical (unpaired) electrons. The molecule has 0 unspecified atom stereocenters. The van der Waals surface area contributed by atoms with Crippen LogP contribution in [0.4, 0.5) is 0 Å². The van der Waals surface area contributed by atoms with Crippen molar-refractivity contribution in [1.29, 1.82) is 0 Å². The molecule has 0 aliphatic heterocycles. The van der Waals surface area contributed by atoms with Crippen LogP contribution < -0.4 is 0 Å². The predicted octanol–water partition coefficient (Wildman–Crippen LogP) is 2.35. The molecule has 0 fully saturated rings. The van der Waals surface area contributed by atoms with Crippen LogP contribution in [0.1, 0.15) is 0 Å². The van der Waals surface area contributed by atoms with Crippen molar-refractivity contribution in [3.63, 3.8) is 0 Å². The predicted molar refractivity (Wildman–Crippen MR) is 36.6 cm³/mol. The molecule has 0 aliphatic carbocycles. The first kappa shape index (κ1) is 6.39. The van der Waals surface area contributed by atoms with Crippen LogP contribution >= 0.6 is 39.3 Å². The molecule has 0 saturated heterocycles. The van der Waals surface area contributed by atoms with Gasteiger partial charge in [0.2, 0.25) is 0 Å². The van der Waals surface area contributed by atoms with Gasteiger partial charge in [0.25, 0.3) is 0 Å². The van der Waals surface area contributed by atoms with Gasteiger partial charge >= 0.3 is 0 Å². The Hall–Kier alpha value is 0.270. The van der Waals surface area contributed by atoms with E-state index in [1.165, 1.54) is 9.92 Å². The van der Waals surface area contributed by atoms with Gasteiger partial charge in [0.05, 0.1) is 16.1 Å². The Labute approximate surface area is 64.8 Å². The summed E-state index contributed by atoms with van der Waals surface area (Å²) in [7, 11) is 0. The molecule has 5 heteroatoms. The zero-order valence-corrected chi connectivity index (χ0v) is 6.70. The highest BCUT2D eigenvalue weighted by Crippen LogP contribution is 2.20. The molecule has 2 nitrogen and oxygen atoms in total. The fourth-order valence-corrected chi connectivity index (χ4v) is 0.882. The highest BCUT2D eigenvalue weighted by Gasteiger charge is 2.00. The molecular weight excluding hydrogens is 215 g/mol. The lowest BCUT2D eigenvalue weighted by Gasteiger charge is -1.83. The molecule has 0 aliphatic rings. The van der Waals surface area contributed by atoms with Crippen molar-refractivity contribution < 1.29 is 0 Å². The first-order chi connectivity index (χ1) is 3.72. The van der Waals surface area contributed by atoms with Crippen molar-refractivity contribution >= 4 is 39.3 Å². The lowest BCUT2D eigenvalue weighted by Crippen LogP contribution is -1.69. The van der Waals surface area contributed by atoms with Gasteiger partial charge in [-0.15, -0.1) is 0 Å². The van der Waals surface area contributed by atoms with Gasteiger partial charge in [-0.2, -0.15) is 0 Å². The molecule has 0 aromatic carbocycles. The second-order valence-corrected chi connectivity index (χ2v) is 2.62. The van der Waals surface area contributed by atoms with Crippen LogP contribution in [0.15, 0.2) is 6.33 Å². The minimum atomic E-state index is 0.309. The minimum Gasteiger partial charge on any atom is -0.253 e. The summed E-state index contributed by atoms with van der Waals surface area (Å²) < 4.78 is 1.46. The summed E-state index contributed by atoms with van der Waals surface area (Å²) in [5.74, 6) is 0. The Bertz CT molecular complexity index is 178. The number of imidazole rings is 1. The molecule has 1 aromatic heterocycles. The van der Waals surface area contributed by atoms with E-state index in [4.69, 9.17) is 23.2 Å². The molecule has 0 amide bonds. The molecule has 1 heterocycles. The van der Waals surface area contributed by atoms with E-state index >= 15 is 0 Å². The van der Waals surface area contributed by atoms with E-state index in [0.717, 1.165) is 0 Å². The third-order valence-electron chi connectivity index (χ3n) is 0.630. The average molecular weight is 216 g/mol. The summed E-state index contributed by atoms with van der Waals surface area (Å²) >= 11 is 14.0. The van der Waals surface area contributed by atoms with Crippen LogP contribution in [-0.4, -0.2) is 8.58 Å². The molecule has 0 spiro atoms. The SMILES string of the molecule is Clc1ncn(Br)c1Cl. The highest BCUT2D eigenvalue weighted by atomic mass is 79.9. The van der Waals surface area contributed by atoms with Crippen LogP contribution in [0.25, 0.3) is 0 Å². The fraction of sp³-hybridized carbons (Fsp3) is 0. The van der Waals surface area contributed by atoms with E-state index < -0.39 is 0 Å². The van der Waals surface area contributed by atoms with Gasteiger partial charge in [0.1, 0.15) is 6.33 Å². The Morgan fingerprint density at radius 2 is 2.25 bits per heavy atom. The number of hydrogen-bond donors (Lipinski definition) is 0. The van der Waals surface area contributed by atoms with Gasteiger partial charge in [0.15, 0.2) is 10.3 Å². The number of hydrogen-bond acceptors (Lipinski definition) is 1. The number of halogens is 3. The third-order valence-corrected chi connectivity index (χ3v) is 2.11. The third kappa shape index (κ3) is 0.989. The quantitative estimate of drug-likeness (QED) is 0.650. The van der Waals surface area contributed by atoms with E-state index in [1.807, 2.05) is 0 Å². The van der Waals surface area contributed by atoms with Gasteiger partial charge in [-0.25, -0.2) is 4.98 Å². The first-order valence-electron chi connectivity index (χ1n) is 1.76. The van der Waals surface area contributed by atoms with E-state index in [1.54, 1.807) is 0 Å². The Balaban J connectivity index is 3.19. The van der Waals surface area contributed by atoms with Crippen molar-refractivity contribution in [2.75, 3.05) is 0 Å². The zero-order valence-electron chi connectivity index (χ0n) is 3.61. The molecular formula is C3HBrCl2N2. The summed E-state index contributed by atoms with van der Waals surface area (Å²) in [5.41, 5.74) is 0. The van der Waals surface area contributed by atoms with Gasteiger partial charge in [-0.05, 0) is 0 Å². The molecule has 0 bridgehead atoms. The summed E-state index contributed by atoms with van der Waals surface area (Å²) in [5, 5.41) is 0.704. The van der Waals surface area contributed by atoms with Crippen LogP contribution in [0.3, 0.4) is 0 Å². The second kappa shape index (κ2) is 2.25. The maximum absolute atomic E-state index is 5.51. The van der Waals surface area contributed by atoms with Crippen molar-refractivity contribution in [2.45, 2.75) is 0 Å². The molecule has 8 heavy (non-hydrogen) atoms. The zero-order chi connectivity index (χ0) is 6.15. The Morgan fingerprint density at radius 1 is 1.62 bits per heavy atom. The van der Waals surface area contributed by atoms with Gasteiger partial charge in [0, 0.05) is 0 Å². The number of aromatic nitrogens is 2. The molecule has 1 aromatic rings. The summed E-state index contributed by atoms with van der Waals surface area (Å²) in [6.45, 7) is 0. The van der Waals surface area contributed by atoms with Crippen molar-refractivity contribution in [3.05, 3.63) is 16.6 Å². The Kier molecular flexibility index (Phi) is 1.80. The van der Waals surface area contributed by atoms with Crippen molar-refractivity contribution in [1.82, 2.24) is 8.58 Å². The van der Waals surface area contributed by atoms with Crippen LogP contribution in [0.2, 0.25) is 10.3 Å². The van der Waals surface area contributed by atoms with Crippen molar-refractivity contribution in [3.8, 4) is 0 Å². The second-order valence-electron chi connectivity index (χ2n) is 1.14. The summed E-state index contributed by atoms with van der Waals surface area (Å²) in [6, 6.07) is 0. The lowest BCUT2D eigenvalue weighted by molar-refractivity contribution is 1.26. The number of rotatable bonds is 0. The maximum Gasteiger partial charge on any atom is 0.167 e. The van der Waals surface area contributed by atoms with E-state index in [0.29, 0.717) is 10.3 Å². The standard InChI is InChI=1S/C3HBrCl2N2/c4-8-1-7-2(5)3(8)6/h1H. The van der Waals surface area contributed by atoms with Crippen molar-refractivity contribution in [2.24, 2.45) is 0 Å². The Morgan fingerprint density at radius 3 is 2.38 bits per heavy atom. The topological polar surface area (TPSA) is 17.8 Å². The van der Waals surface area contributed by atoms with Crippen LogP contribution in [0.5, 0.6) is 0 Å². The lowest BCUT2D eigenvalue weighted by atomic mass is 10.9. The van der Waals surface area contributed by atoms with Gasteiger partial charge in [-0.1, -0.05) is 23.2 Å². The summed E-state index contributed by atoms with van der Waals surface area (Å²) in [4.78, 5) is 3.67. The maximum atomic E-state index is 5.51. The monoisotopic (exact) mass is 214 g/mol. The normalized spacial score (nSPS) is 9.88. The van der Waals surface area contributed by atoms with E-state index in [2.05, 4.69) is 21.1 Å². The van der Waals surface area contributed by atoms with E-state index in [9.17, 15) is 0 Å². The average Bonchev–Trinajstić information content (AvgIpc) is 1.98. The molecule has 0 atom stereocenters. The van der Waals surface area contributed by atoms with Gasteiger partial charge < -0.3 is 0 Å². The fourth-order valence-electron chi connectivity index (χ4n) is 0.293. The molecule has 0 N–H and O–H groups in total. The largest absolute Gasteiger partial charge is 0.253 e. The highest BCUT2D eigenvalue weighted by molar-refractivity contribution is 9.08. The molecule has 1 rings (SSSR count). The van der Waals surface area contributed by atoms with Crippen LogP contribution in [-0.2, 0) is 0 Å².